The number of nitrogens with one attached hydrogen (secondary N) is 1. The maximum absolute atomic E-state index is 12.9. The number of allylic oxidation sites excluding steroid dienone is 2. The number of nitrogens with zero attached hydrogens (tertiary/aromatic N) is 3. The van der Waals surface area contributed by atoms with E-state index in [-0.39, 0.29) is 48.0 Å². The molecular formula is C27H28N4O4. The number of rotatable bonds is 7. The molecule has 2 bridgehead atoms. The van der Waals surface area contributed by atoms with E-state index in [1.54, 1.807) is 12.1 Å². The Morgan fingerprint density at radius 2 is 1.80 bits per heavy atom. The lowest BCUT2D eigenvalue weighted by Crippen LogP contribution is -2.28. The Kier molecular flexibility index (Phi) is 5.88. The maximum atomic E-state index is 12.9. The van der Waals surface area contributed by atoms with Gasteiger partial charge in [-0.3, -0.25) is 14.4 Å². The molecule has 2 aromatic rings. The van der Waals surface area contributed by atoms with Gasteiger partial charge >= 0.3 is 0 Å². The van der Waals surface area contributed by atoms with Gasteiger partial charge in [-0.05, 0) is 48.9 Å². The van der Waals surface area contributed by atoms with E-state index in [0.29, 0.717) is 11.3 Å². The predicted octanol–water partition coefficient (Wildman–Crippen LogP) is 3.22. The van der Waals surface area contributed by atoms with E-state index in [1.165, 1.54) is 6.21 Å². The van der Waals surface area contributed by atoms with Crippen molar-refractivity contribution in [2.45, 2.75) is 13.3 Å². The molecule has 8 nitrogen and oxygen atoms in total. The molecule has 8 heteroatoms. The van der Waals surface area contributed by atoms with Crippen LogP contribution < -0.4 is 15.0 Å². The highest BCUT2D eigenvalue weighted by Crippen LogP contribution is 2.52. The molecule has 2 fully saturated rings. The molecule has 1 N–H and O–H groups in total. The Balaban J connectivity index is 1.32. The largest absolute Gasteiger partial charge is 0.483 e. The topological polar surface area (TPSA) is 91.3 Å². The molecule has 3 amide bonds. The van der Waals surface area contributed by atoms with Crippen molar-refractivity contribution in [3.05, 3.63) is 65.7 Å². The van der Waals surface area contributed by atoms with Crippen LogP contribution in [0.3, 0.4) is 0 Å². The van der Waals surface area contributed by atoms with Gasteiger partial charge in [0.05, 0.1) is 18.1 Å². The minimum Gasteiger partial charge on any atom is -0.483 e. The fourth-order valence-corrected chi connectivity index (χ4v) is 5.20. The standard InChI is InChI=1S/C27H28N4O4/c1-16-6-4-5-7-21(16)29-23(32)15-35-22-13-20(30(2)3)11-10-19(22)14-28-31-26(33)24-17-8-9-18(12-17)25(24)27(31)34/h4-11,13-14,17-18,24-25H,12,15H2,1-3H3,(H,29,32)/t17-,18-,24-,25+/m0/s1. The summed E-state index contributed by atoms with van der Waals surface area (Å²) < 4.78 is 5.86. The average molecular weight is 473 g/mol. The van der Waals surface area contributed by atoms with E-state index < -0.39 is 0 Å². The molecule has 35 heavy (non-hydrogen) atoms. The molecule has 1 heterocycles. The zero-order valence-corrected chi connectivity index (χ0v) is 20.0. The zero-order valence-electron chi connectivity index (χ0n) is 20.0. The van der Waals surface area contributed by atoms with Gasteiger partial charge in [0, 0.05) is 37.1 Å². The molecule has 2 aliphatic carbocycles. The third-order valence-electron chi connectivity index (χ3n) is 7.05. The minimum absolute atomic E-state index is 0.131. The molecule has 0 radical (unpaired) electrons. The third-order valence-corrected chi connectivity index (χ3v) is 7.05. The van der Waals surface area contributed by atoms with Gasteiger partial charge in [0.25, 0.3) is 17.7 Å². The molecular weight excluding hydrogens is 444 g/mol. The first kappa shape index (κ1) is 22.8. The summed E-state index contributed by atoms with van der Waals surface area (Å²) in [7, 11) is 3.81. The number of benzene rings is 2. The van der Waals surface area contributed by atoms with Crippen LogP contribution in [0.25, 0.3) is 0 Å². The SMILES string of the molecule is Cc1ccccc1NC(=O)COc1cc(N(C)C)ccc1C=NN1C(=O)[C@@H]2[C@H](C1=O)[C@H]1C=C[C@H]2C1. The number of carbonyl (C=O) groups is 3. The van der Waals surface area contributed by atoms with Gasteiger partial charge < -0.3 is 15.0 Å². The first-order valence-corrected chi connectivity index (χ1v) is 11.7. The van der Waals surface area contributed by atoms with E-state index in [4.69, 9.17) is 4.74 Å². The number of anilines is 2. The number of carbonyl (C=O) groups excluding carboxylic acids is 3. The quantitative estimate of drug-likeness (QED) is 0.380. The van der Waals surface area contributed by atoms with Gasteiger partial charge in [0.15, 0.2) is 6.61 Å². The van der Waals surface area contributed by atoms with Gasteiger partial charge in [-0.2, -0.15) is 10.1 Å². The summed E-state index contributed by atoms with van der Waals surface area (Å²) in [5, 5.41) is 8.12. The number of imide groups is 1. The Morgan fingerprint density at radius 1 is 1.11 bits per heavy atom. The summed E-state index contributed by atoms with van der Waals surface area (Å²) >= 11 is 0. The lowest BCUT2D eigenvalue weighted by Gasteiger charge is -2.16. The minimum atomic E-state index is -0.299. The van der Waals surface area contributed by atoms with Crippen molar-refractivity contribution in [2.24, 2.45) is 28.8 Å². The van der Waals surface area contributed by atoms with Crippen molar-refractivity contribution in [3.8, 4) is 5.75 Å². The summed E-state index contributed by atoms with van der Waals surface area (Å²) in [5.74, 6) is -0.674. The second-order valence-electron chi connectivity index (χ2n) is 9.50. The summed E-state index contributed by atoms with van der Waals surface area (Å²) in [6.45, 7) is 1.72. The normalized spacial score (nSPS) is 24.4. The van der Waals surface area contributed by atoms with E-state index in [0.717, 1.165) is 28.4 Å². The van der Waals surface area contributed by atoms with Crippen molar-refractivity contribution in [3.63, 3.8) is 0 Å². The van der Waals surface area contributed by atoms with Crippen molar-refractivity contribution >= 4 is 35.3 Å². The Morgan fingerprint density at radius 3 is 2.46 bits per heavy atom. The highest BCUT2D eigenvalue weighted by molar-refractivity contribution is 6.07. The van der Waals surface area contributed by atoms with Crippen LogP contribution in [0.5, 0.6) is 5.75 Å². The van der Waals surface area contributed by atoms with Crippen LogP contribution in [-0.4, -0.2) is 49.6 Å². The van der Waals surface area contributed by atoms with Crippen LogP contribution in [0.4, 0.5) is 11.4 Å². The van der Waals surface area contributed by atoms with E-state index >= 15 is 0 Å². The number of hydrogen-bond acceptors (Lipinski definition) is 6. The number of hydrogen-bond donors (Lipinski definition) is 1. The molecule has 180 valence electrons. The predicted molar refractivity (Wildman–Crippen MR) is 133 cm³/mol. The van der Waals surface area contributed by atoms with Crippen molar-refractivity contribution in [1.82, 2.24) is 5.01 Å². The highest BCUT2D eigenvalue weighted by Gasteiger charge is 2.59. The maximum Gasteiger partial charge on any atom is 0.262 e. The number of ether oxygens (including phenoxy) is 1. The van der Waals surface area contributed by atoms with E-state index in [9.17, 15) is 14.4 Å². The van der Waals surface area contributed by atoms with Crippen molar-refractivity contribution < 1.29 is 19.1 Å². The van der Waals surface area contributed by atoms with Crippen molar-refractivity contribution in [1.29, 1.82) is 0 Å². The second-order valence-corrected chi connectivity index (χ2v) is 9.50. The van der Waals surface area contributed by atoms with Crippen LogP contribution in [0.15, 0.2) is 59.7 Å². The molecule has 2 aromatic carbocycles. The zero-order chi connectivity index (χ0) is 24.7. The number of para-hydroxylation sites is 1. The monoisotopic (exact) mass is 472 g/mol. The lowest BCUT2D eigenvalue weighted by atomic mass is 9.85. The van der Waals surface area contributed by atoms with Gasteiger partial charge in [0.1, 0.15) is 5.75 Å². The third kappa shape index (κ3) is 4.20. The molecule has 0 aromatic heterocycles. The fourth-order valence-electron chi connectivity index (χ4n) is 5.20. The van der Waals surface area contributed by atoms with Crippen LogP contribution in [0, 0.1) is 30.6 Å². The van der Waals surface area contributed by atoms with E-state index in [1.807, 2.05) is 56.3 Å². The Labute approximate surface area is 204 Å². The molecule has 1 saturated heterocycles. The number of aryl methyl sites for hydroxylation is 1. The first-order chi connectivity index (χ1) is 16.8. The molecule has 4 atom stereocenters. The van der Waals surface area contributed by atoms with Gasteiger partial charge in [0.2, 0.25) is 0 Å². The molecule has 3 aliphatic rings. The smallest absolute Gasteiger partial charge is 0.262 e. The number of hydrazone groups is 1. The molecule has 1 saturated carbocycles. The lowest BCUT2D eigenvalue weighted by molar-refractivity contribution is -0.140. The van der Waals surface area contributed by atoms with Crippen LogP contribution in [0.2, 0.25) is 0 Å². The molecule has 5 rings (SSSR count). The Hall–Kier alpha value is -3.94. The number of amides is 3. The van der Waals surface area contributed by atoms with Crippen molar-refractivity contribution in [2.75, 3.05) is 30.9 Å². The van der Waals surface area contributed by atoms with Crippen LogP contribution in [-0.2, 0) is 14.4 Å². The molecule has 1 aliphatic heterocycles. The second kappa shape index (κ2) is 9.02. The number of fused-ring (bicyclic) bond motifs is 5. The average Bonchev–Trinajstić information content (AvgIpc) is 3.52. The summed E-state index contributed by atoms with van der Waals surface area (Å²) in [4.78, 5) is 40.3. The van der Waals surface area contributed by atoms with Gasteiger partial charge in [-0.25, -0.2) is 0 Å². The van der Waals surface area contributed by atoms with Crippen LogP contribution in [0.1, 0.15) is 17.5 Å². The van der Waals surface area contributed by atoms with Crippen LogP contribution >= 0.6 is 0 Å². The molecule has 0 unspecified atom stereocenters. The summed E-state index contributed by atoms with van der Waals surface area (Å²) in [6, 6.07) is 13.0. The Bertz CT molecular complexity index is 1220. The molecule has 0 spiro atoms. The summed E-state index contributed by atoms with van der Waals surface area (Å²) in [5.41, 5.74) is 3.13. The van der Waals surface area contributed by atoms with Gasteiger partial charge in [-0.15, -0.1) is 0 Å². The highest BCUT2D eigenvalue weighted by atomic mass is 16.5. The fraction of sp³-hybridized carbons (Fsp3) is 0.333. The summed E-state index contributed by atoms with van der Waals surface area (Å²) in [6.07, 6.45) is 6.44. The first-order valence-electron chi connectivity index (χ1n) is 11.7. The van der Waals surface area contributed by atoms with Gasteiger partial charge in [-0.1, -0.05) is 30.4 Å². The van der Waals surface area contributed by atoms with E-state index in [2.05, 4.69) is 22.6 Å².